The van der Waals surface area contributed by atoms with E-state index in [0.29, 0.717) is 0 Å². The maximum atomic E-state index is 10.7. The molecule has 0 radical (unpaired) electrons. The van der Waals surface area contributed by atoms with Crippen LogP contribution < -0.4 is 5.73 Å². The van der Waals surface area contributed by atoms with E-state index in [4.69, 9.17) is 0 Å². The number of carbonyl (C=O) groups is 2. The van der Waals surface area contributed by atoms with E-state index in [2.05, 4.69) is 15.2 Å². The highest BCUT2D eigenvalue weighted by molar-refractivity contribution is 5.72. The van der Waals surface area contributed by atoms with Gasteiger partial charge in [0.2, 0.25) is 0 Å². The average molecular weight is 161 g/mol. The van der Waals surface area contributed by atoms with Crippen molar-refractivity contribution >= 4 is 12.1 Å². The minimum absolute atomic E-state index is 0.0397. The van der Waals surface area contributed by atoms with Gasteiger partial charge >= 0.3 is 12.1 Å². The summed E-state index contributed by atoms with van der Waals surface area (Å²) in [5, 5.41) is 0. The van der Waals surface area contributed by atoms with Gasteiger partial charge in [-0.15, -0.1) is 0 Å². The van der Waals surface area contributed by atoms with Crippen LogP contribution in [0.1, 0.15) is 6.92 Å². The highest BCUT2D eigenvalue weighted by Crippen LogP contribution is 1.97. The summed E-state index contributed by atoms with van der Waals surface area (Å²) < 4.78 is 8.74. The van der Waals surface area contributed by atoms with Gasteiger partial charge in [-0.25, -0.2) is 4.79 Å². The van der Waals surface area contributed by atoms with Crippen LogP contribution in [-0.4, -0.2) is 25.8 Å². The molecule has 0 saturated carbocycles. The molecule has 0 saturated heterocycles. The van der Waals surface area contributed by atoms with Crippen LogP contribution in [0.4, 0.5) is 4.79 Å². The molecule has 0 aliphatic rings. The highest BCUT2D eigenvalue weighted by Gasteiger charge is 2.13. The molecule has 0 unspecified atom stereocenters. The smallest absolute Gasteiger partial charge is 0.404 e. The SMILES string of the molecule is COC(=O)[C@H](C)COC(N)=O. The Morgan fingerprint density at radius 3 is 2.45 bits per heavy atom. The first kappa shape index (κ1) is 9.74. The van der Waals surface area contributed by atoms with Gasteiger partial charge in [0, 0.05) is 0 Å². The van der Waals surface area contributed by atoms with Gasteiger partial charge in [-0.3, -0.25) is 4.79 Å². The number of hydrogen-bond donors (Lipinski definition) is 1. The number of amides is 1. The zero-order valence-corrected chi connectivity index (χ0v) is 6.49. The number of esters is 1. The molecule has 0 aliphatic heterocycles. The van der Waals surface area contributed by atoms with Crippen molar-refractivity contribution in [2.45, 2.75) is 6.92 Å². The minimum atomic E-state index is -0.888. The largest absolute Gasteiger partial charge is 0.469 e. The van der Waals surface area contributed by atoms with Crippen molar-refractivity contribution in [2.24, 2.45) is 11.7 Å². The number of hydrogen-bond acceptors (Lipinski definition) is 4. The first-order chi connectivity index (χ1) is 5.07. The first-order valence-electron chi connectivity index (χ1n) is 3.08. The topological polar surface area (TPSA) is 78.6 Å². The number of methoxy groups -OCH3 is 1. The standard InChI is InChI=1S/C6H11NO4/c1-4(5(8)10-2)3-11-6(7)9/h4H,3H2,1-2H3,(H2,7,9)/t4-/m1/s1. The maximum Gasteiger partial charge on any atom is 0.404 e. The van der Waals surface area contributed by atoms with Crippen LogP contribution in [0.3, 0.4) is 0 Å². The van der Waals surface area contributed by atoms with Crippen LogP contribution in [0.25, 0.3) is 0 Å². The molecule has 11 heavy (non-hydrogen) atoms. The third-order valence-electron chi connectivity index (χ3n) is 1.08. The van der Waals surface area contributed by atoms with Crippen LogP contribution >= 0.6 is 0 Å². The molecule has 64 valence electrons. The summed E-state index contributed by atoms with van der Waals surface area (Å²) in [7, 11) is 1.27. The number of ether oxygens (including phenoxy) is 2. The summed E-state index contributed by atoms with van der Waals surface area (Å²) in [6.07, 6.45) is -0.888. The van der Waals surface area contributed by atoms with Crippen LogP contribution in [-0.2, 0) is 14.3 Å². The molecule has 1 atom stereocenters. The normalized spacial score (nSPS) is 11.8. The molecule has 0 heterocycles. The van der Waals surface area contributed by atoms with E-state index in [-0.39, 0.29) is 6.61 Å². The molecule has 0 aliphatic carbocycles. The van der Waals surface area contributed by atoms with Gasteiger partial charge in [-0.05, 0) is 6.92 Å². The van der Waals surface area contributed by atoms with Crippen LogP contribution in [0.5, 0.6) is 0 Å². The Balaban J connectivity index is 3.60. The molecule has 2 N–H and O–H groups in total. The molecule has 0 fully saturated rings. The molecular formula is C6H11NO4. The maximum absolute atomic E-state index is 10.7. The second kappa shape index (κ2) is 4.54. The fourth-order valence-corrected chi connectivity index (χ4v) is 0.476. The first-order valence-corrected chi connectivity index (χ1v) is 3.08. The number of nitrogens with two attached hydrogens (primary N) is 1. The second-order valence-corrected chi connectivity index (χ2v) is 2.05. The van der Waals surface area contributed by atoms with Crippen molar-refractivity contribution < 1.29 is 19.1 Å². The Morgan fingerprint density at radius 1 is 1.55 bits per heavy atom. The van der Waals surface area contributed by atoms with E-state index >= 15 is 0 Å². The molecule has 0 spiro atoms. The molecule has 0 aromatic rings. The molecule has 0 bridgehead atoms. The van der Waals surface area contributed by atoms with Gasteiger partial charge in [-0.1, -0.05) is 0 Å². The number of carbonyl (C=O) groups excluding carboxylic acids is 2. The summed E-state index contributed by atoms with van der Waals surface area (Å²) in [4.78, 5) is 20.7. The zero-order chi connectivity index (χ0) is 8.85. The quantitative estimate of drug-likeness (QED) is 0.586. The predicted molar refractivity (Wildman–Crippen MR) is 36.7 cm³/mol. The van der Waals surface area contributed by atoms with E-state index in [9.17, 15) is 9.59 Å². The summed E-state index contributed by atoms with van der Waals surface area (Å²) in [6.45, 7) is 1.54. The summed E-state index contributed by atoms with van der Waals surface area (Å²) in [5.41, 5.74) is 4.67. The van der Waals surface area contributed by atoms with Gasteiger partial charge in [0.05, 0.1) is 13.0 Å². The van der Waals surface area contributed by atoms with Gasteiger partial charge in [-0.2, -0.15) is 0 Å². The van der Waals surface area contributed by atoms with E-state index in [1.807, 2.05) is 0 Å². The lowest BCUT2D eigenvalue weighted by atomic mass is 10.2. The second-order valence-electron chi connectivity index (χ2n) is 2.05. The van der Waals surface area contributed by atoms with Gasteiger partial charge < -0.3 is 15.2 Å². The van der Waals surface area contributed by atoms with E-state index in [1.54, 1.807) is 6.92 Å². The Kier molecular flexibility index (Phi) is 4.02. The average Bonchev–Trinajstić information content (AvgIpc) is 1.98. The highest BCUT2D eigenvalue weighted by atomic mass is 16.6. The van der Waals surface area contributed by atoms with Crippen LogP contribution in [0.2, 0.25) is 0 Å². The van der Waals surface area contributed by atoms with Crippen molar-refractivity contribution in [1.29, 1.82) is 0 Å². The van der Waals surface area contributed by atoms with E-state index in [0.717, 1.165) is 0 Å². The number of rotatable bonds is 3. The van der Waals surface area contributed by atoms with Gasteiger partial charge in [0.1, 0.15) is 6.61 Å². The third-order valence-corrected chi connectivity index (χ3v) is 1.08. The van der Waals surface area contributed by atoms with Gasteiger partial charge in [0.15, 0.2) is 0 Å². The van der Waals surface area contributed by atoms with Crippen molar-refractivity contribution in [2.75, 3.05) is 13.7 Å². The lowest BCUT2D eigenvalue weighted by Crippen LogP contribution is -2.23. The summed E-state index contributed by atoms with van der Waals surface area (Å²) >= 11 is 0. The van der Waals surface area contributed by atoms with Crippen LogP contribution in [0.15, 0.2) is 0 Å². The van der Waals surface area contributed by atoms with Crippen molar-refractivity contribution in [3.8, 4) is 0 Å². The Morgan fingerprint density at radius 2 is 2.09 bits per heavy atom. The Labute approximate surface area is 64.5 Å². The summed E-state index contributed by atoms with van der Waals surface area (Å²) in [6, 6.07) is 0. The lowest BCUT2D eigenvalue weighted by molar-refractivity contribution is -0.146. The van der Waals surface area contributed by atoms with Gasteiger partial charge in [0.25, 0.3) is 0 Å². The van der Waals surface area contributed by atoms with Crippen LogP contribution in [0, 0.1) is 5.92 Å². The zero-order valence-electron chi connectivity index (χ0n) is 6.49. The minimum Gasteiger partial charge on any atom is -0.469 e. The fourth-order valence-electron chi connectivity index (χ4n) is 0.476. The lowest BCUT2D eigenvalue weighted by Gasteiger charge is -2.07. The van der Waals surface area contributed by atoms with E-state index < -0.39 is 18.0 Å². The third kappa shape index (κ3) is 4.19. The molecule has 0 aromatic heterocycles. The molecule has 1 amide bonds. The molecular weight excluding hydrogens is 150 g/mol. The molecule has 5 heteroatoms. The summed E-state index contributed by atoms with van der Waals surface area (Å²) in [5.74, 6) is -0.890. The Bertz CT molecular complexity index is 157. The van der Waals surface area contributed by atoms with Crippen molar-refractivity contribution in [3.63, 3.8) is 0 Å². The van der Waals surface area contributed by atoms with Crippen molar-refractivity contribution in [3.05, 3.63) is 0 Å². The Hall–Kier alpha value is -1.26. The molecule has 5 nitrogen and oxygen atoms in total. The number of primary amides is 1. The monoisotopic (exact) mass is 161 g/mol. The van der Waals surface area contributed by atoms with E-state index in [1.165, 1.54) is 7.11 Å². The molecule has 0 rings (SSSR count). The molecule has 0 aromatic carbocycles. The fraction of sp³-hybridized carbons (Fsp3) is 0.667. The predicted octanol–water partition coefficient (Wildman–Crippen LogP) is -0.109. The van der Waals surface area contributed by atoms with Crippen molar-refractivity contribution in [1.82, 2.24) is 0 Å².